The van der Waals surface area contributed by atoms with Crippen LogP contribution in [0.3, 0.4) is 0 Å². The number of fused-ring (bicyclic) bond motifs is 27. The number of anilines is 9. The molecule has 3 aromatic heterocycles. The Hall–Kier alpha value is -6.59. The Morgan fingerprint density at radius 1 is 0.405 bits per heavy atom. The molecule has 84 heavy (non-hydrogen) atoms. The summed E-state index contributed by atoms with van der Waals surface area (Å²) in [5.74, 6) is 1.18. The van der Waals surface area contributed by atoms with Crippen molar-refractivity contribution in [2.75, 3.05) is 34.5 Å². The highest BCUT2D eigenvalue weighted by Crippen LogP contribution is 2.59. The second-order valence-electron chi connectivity index (χ2n) is 30.0. The number of hydrogen-bond donors (Lipinski definition) is 0. The molecule has 9 aliphatic heterocycles. The fourth-order valence-electron chi connectivity index (χ4n) is 15.3. The van der Waals surface area contributed by atoms with Crippen LogP contribution in [-0.2, 0) is 32.5 Å². The fraction of sp³-hybridized carbons (Fsp3) is 0.333. The lowest BCUT2D eigenvalue weighted by Crippen LogP contribution is -2.74. The van der Waals surface area contributed by atoms with Crippen LogP contribution in [-0.4, -0.2) is 40.0 Å². The maximum atomic E-state index is 11.1. The van der Waals surface area contributed by atoms with Gasteiger partial charge < -0.3 is 28.9 Å². The summed E-state index contributed by atoms with van der Waals surface area (Å²) in [5.41, 5.74) is 7.85. The molecule has 0 amide bonds. The van der Waals surface area contributed by atoms with E-state index < -0.39 is 52.6 Å². The van der Waals surface area contributed by atoms with E-state index in [9.17, 15) is 17.8 Å². The lowest BCUT2D eigenvalue weighted by Gasteiger charge is -2.54. The van der Waals surface area contributed by atoms with Crippen molar-refractivity contribution in [1.82, 2.24) is 0 Å². The molecule has 0 spiro atoms. The van der Waals surface area contributed by atoms with Crippen molar-refractivity contribution in [2.45, 2.75) is 136 Å². The van der Waals surface area contributed by atoms with Crippen LogP contribution in [0.4, 0.5) is 51.2 Å². The van der Waals surface area contributed by atoms with Crippen LogP contribution in [0.2, 0.25) is 0 Å². The summed E-state index contributed by atoms with van der Waals surface area (Å²) in [7, 11) is 0. The molecule has 0 N–H and O–H groups in total. The van der Waals surface area contributed by atoms with Crippen molar-refractivity contribution >= 4 is 183 Å². The zero-order valence-corrected chi connectivity index (χ0v) is 52.2. The third-order valence-electron chi connectivity index (χ3n) is 19.6. The van der Waals surface area contributed by atoms with Crippen molar-refractivity contribution in [3.05, 3.63) is 124 Å². The first kappa shape index (κ1) is 38.5. The first-order valence-electron chi connectivity index (χ1n) is 36.0. The van der Waals surface area contributed by atoms with E-state index in [0.717, 1.165) is 26.7 Å². The minimum Gasteiger partial charge on any atom is -0.492 e. The Labute approximate surface area is 524 Å². The van der Waals surface area contributed by atoms with Gasteiger partial charge in [-0.2, -0.15) is 0 Å². The van der Waals surface area contributed by atoms with E-state index in [-0.39, 0.29) is 103 Å². The molecule has 19 rings (SSSR count). The van der Waals surface area contributed by atoms with Crippen molar-refractivity contribution < 1.29 is 32.0 Å². The Kier molecular flexibility index (Phi) is 6.85. The van der Waals surface area contributed by atoms with Gasteiger partial charge in [0.05, 0.1) is 54.7 Å². The highest BCUT2D eigenvalue weighted by molar-refractivity contribution is 7.37. The van der Waals surface area contributed by atoms with Gasteiger partial charge in [-0.3, -0.25) is 0 Å². The van der Waals surface area contributed by atoms with Crippen LogP contribution in [0.5, 0.6) is 17.2 Å². The summed E-state index contributed by atoms with van der Waals surface area (Å²) in [4.78, 5) is 6.45. The van der Waals surface area contributed by atoms with E-state index in [0.29, 0.717) is 148 Å². The van der Waals surface area contributed by atoms with Crippen LogP contribution in [0.1, 0.15) is 155 Å². The summed E-state index contributed by atoms with van der Waals surface area (Å²) in [6, 6.07) is 4.62. The van der Waals surface area contributed by atoms with E-state index in [4.69, 9.17) is 14.2 Å². The van der Waals surface area contributed by atoms with Crippen LogP contribution in [0.25, 0.3) is 30.3 Å². The highest BCUT2D eigenvalue weighted by atomic mass is 32.1. The summed E-state index contributed by atoms with van der Waals surface area (Å²) in [5, 5.41) is 1.29. The molecule has 0 bridgehead atoms. The van der Waals surface area contributed by atoms with E-state index in [1.807, 2.05) is 90.0 Å². The topological polar surface area (TPSA) is 37.4 Å². The second kappa shape index (κ2) is 15.0. The van der Waals surface area contributed by atoms with E-state index in [2.05, 4.69) is 40.7 Å². The van der Waals surface area contributed by atoms with Crippen LogP contribution < -0.4 is 76.0 Å². The molecule has 6 nitrogen and oxygen atoms in total. The third-order valence-corrected chi connectivity index (χ3v) is 23.1. The molecule has 0 saturated heterocycles. The molecule has 0 aliphatic carbocycles. The van der Waals surface area contributed by atoms with E-state index >= 15 is 0 Å². The van der Waals surface area contributed by atoms with Gasteiger partial charge in [-0.1, -0.05) is 140 Å². The third kappa shape index (κ3) is 5.88. The van der Waals surface area contributed by atoms with Crippen LogP contribution in [0, 0.1) is 0 Å². The molecule has 0 radical (unpaired) electrons. The average Bonchev–Trinajstić information content (AvgIpc) is 1.63. The largest absolute Gasteiger partial charge is 0.492 e. The minimum absolute atomic E-state index is 0.00745. The van der Waals surface area contributed by atoms with Crippen molar-refractivity contribution in [2.24, 2.45) is 0 Å². The molecule has 9 aliphatic rings. The van der Waals surface area contributed by atoms with Crippen molar-refractivity contribution in [3.8, 4) is 17.2 Å². The summed E-state index contributed by atoms with van der Waals surface area (Å²) in [6.07, 6.45) is 0. The number of rotatable bonds is 0. The number of hydrogen-bond acceptors (Lipinski definition) is 9. The Balaban J connectivity index is 1.12. The Bertz CT molecular complexity index is 5620. The maximum absolute atomic E-state index is 11.1. The molecule has 0 fully saturated rings. The normalized spacial score (nSPS) is 20.6. The molecule has 12 heteroatoms. The molecule has 12 heterocycles. The van der Waals surface area contributed by atoms with Gasteiger partial charge in [0.25, 0.3) is 20.1 Å². The summed E-state index contributed by atoms with van der Waals surface area (Å²) in [6.45, 7) is 28.2. The first-order chi connectivity index (χ1) is 45.3. The van der Waals surface area contributed by atoms with Gasteiger partial charge in [-0.25, -0.2) is 0 Å². The zero-order valence-electron chi connectivity index (χ0n) is 62.8. The Morgan fingerprint density at radius 3 is 1.13 bits per heavy atom. The second-order valence-corrected chi connectivity index (χ2v) is 33.2. The standard InChI is InChI=1S/C72H66B3N3O3S3/c1-67(2,3)34-16-19-52-37(22-34)58-64(82-52)73-44-26-41-50(80-32-71(41,12)13)29-47(44)77-60-39-24-36(69(7,8)9)18-21-54(39)84-66(60)75-45-27-42-51(81-33-72(42,14)15)30-48(45)78-59-38-23-35(68(4,5)6)17-20-53(38)83-65(59)74-43-25-40-49(79-31-70(40,10)11)28-46(43)76(58)61-55(73)62(77)57(75)63(78)56(61)74/h16-30H,31-33H2,1-15H3/i16D,17D,18D,19D,20D,21D,22D,23D,24D,25D,26D,28D,29D. The number of ether oxygens (including phenoxy) is 3. The highest BCUT2D eigenvalue weighted by Gasteiger charge is 2.61. The van der Waals surface area contributed by atoms with Gasteiger partial charge in [0.15, 0.2) is 0 Å². The predicted octanol–water partition coefficient (Wildman–Crippen LogP) is 13.1. The van der Waals surface area contributed by atoms with E-state index in [1.54, 1.807) is 0 Å². The van der Waals surface area contributed by atoms with Gasteiger partial charge in [-0.15, -0.1) is 34.0 Å². The van der Waals surface area contributed by atoms with E-state index in [1.165, 1.54) is 34.0 Å². The maximum Gasteiger partial charge on any atom is 0.264 e. The lowest BCUT2D eigenvalue weighted by molar-refractivity contribution is 0.291. The van der Waals surface area contributed by atoms with Gasteiger partial charge in [0.2, 0.25) is 0 Å². The van der Waals surface area contributed by atoms with Gasteiger partial charge in [-0.05, 0) is 102 Å². The smallest absolute Gasteiger partial charge is 0.264 e. The molecule has 0 saturated carbocycles. The molecule has 7 aromatic carbocycles. The zero-order chi connectivity index (χ0) is 68.8. The number of nitrogens with zero attached hydrogens (tertiary/aromatic N) is 3. The predicted molar refractivity (Wildman–Crippen MR) is 362 cm³/mol. The molecule has 10 aromatic rings. The van der Waals surface area contributed by atoms with Crippen LogP contribution in [0.15, 0.2) is 90.7 Å². The molecule has 0 unspecified atom stereocenters. The minimum atomic E-state index is -0.951. The Morgan fingerprint density at radius 2 is 0.750 bits per heavy atom. The molecule has 414 valence electrons. The first-order valence-corrected chi connectivity index (χ1v) is 32.0. The molecule has 0 atom stereocenters. The van der Waals surface area contributed by atoms with Gasteiger partial charge >= 0.3 is 0 Å². The number of thiophene rings is 3. The lowest BCUT2D eigenvalue weighted by atomic mass is 9.27. The van der Waals surface area contributed by atoms with Crippen LogP contribution >= 0.6 is 34.0 Å². The average molecular weight is 1160 g/mol. The van der Waals surface area contributed by atoms with Crippen molar-refractivity contribution in [3.63, 3.8) is 0 Å². The summed E-state index contributed by atoms with van der Waals surface area (Å²) >= 11 is 4.03. The quantitative estimate of drug-likeness (QED) is 0.141. The monoisotopic (exact) mass is 1160 g/mol. The molecular formula is C72H66B3N3O3S3. The number of benzene rings is 7. The fourth-order valence-corrected chi connectivity index (χ4v) is 18.9. The molecular weight excluding hydrogens is 1080 g/mol. The summed E-state index contributed by atoms with van der Waals surface area (Å²) < 4.78 is 160. The van der Waals surface area contributed by atoms with Gasteiger partial charge in [0, 0.05) is 130 Å². The van der Waals surface area contributed by atoms with Crippen molar-refractivity contribution in [1.29, 1.82) is 0 Å². The van der Waals surface area contributed by atoms with Gasteiger partial charge in [0.1, 0.15) is 17.2 Å². The SMILES string of the molecule is [2H]c1c2c(c([2H])c3c1N1c4c5c6c7c8c4B3c3sc4c([2H])c([2H])c(C(C)(C)C)c([2H])c4c3N8c3c([2H])c4c(c([2H])c3B7c3sc7c([2H])c([2H])c(C(C)(C)C)c([2H])c7c3N6c3cc6c(cc3B5c3sc5c([2H])c([2H])c(C(C)(C)C)c([2H])c5c31)C(C)(C)CO6)C(C)(C)CO4)C(C)(C)CO2.